The van der Waals surface area contributed by atoms with Gasteiger partial charge in [-0.25, -0.2) is 12.7 Å². The molecule has 5 nitrogen and oxygen atoms in total. The van der Waals surface area contributed by atoms with Crippen LogP contribution in [0, 0.1) is 11.3 Å². The molecule has 2 rings (SSSR count). The molecule has 0 aromatic heterocycles. The molecule has 1 unspecified atom stereocenters. The minimum absolute atomic E-state index is 0.183. The number of hydrogen-bond donors (Lipinski definition) is 1. The maximum absolute atomic E-state index is 11.8. The summed E-state index contributed by atoms with van der Waals surface area (Å²) in [7, 11) is -3.16. The van der Waals surface area contributed by atoms with Crippen LogP contribution in [0.25, 0.3) is 0 Å². The van der Waals surface area contributed by atoms with Gasteiger partial charge in [0.2, 0.25) is 10.0 Å². The van der Waals surface area contributed by atoms with Crippen LogP contribution < -0.4 is 0 Å². The van der Waals surface area contributed by atoms with Crippen molar-refractivity contribution < 1.29 is 18.3 Å². The van der Waals surface area contributed by atoms with Gasteiger partial charge in [0.25, 0.3) is 0 Å². The first-order valence-corrected chi connectivity index (χ1v) is 9.87. The molecule has 1 aliphatic carbocycles. The van der Waals surface area contributed by atoms with Gasteiger partial charge in [-0.3, -0.25) is 4.79 Å². The Hall–Kier alpha value is -0.620. The average Bonchev–Trinajstić information content (AvgIpc) is 2.65. The van der Waals surface area contributed by atoms with E-state index in [-0.39, 0.29) is 5.92 Å². The van der Waals surface area contributed by atoms with E-state index in [0.717, 1.165) is 51.4 Å². The van der Waals surface area contributed by atoms with Crippen molar-refractivity contribution in [2.75, 3.05) is 19.3 Å². The first kappa shape index (κ1) is 16.7. The molecule has 1 saturated carbocycles. The van der Waals surface area contributed by atoms with Crippen LogP contribution in [0.3, 0.4) is 0 Å². The van der Waals surface area contributed by atoms with E-state index in [4.69, 9.17) is 0 Å². The van der Waals surface area contributed by atoms with Gasteiger partial charge in [-0.15, -0.1) is 0 Å². The fourth-order valence-corrected chi connectivity index (χ4v) is 4.90. The summed E-state index contributed by atoms with van der Waals surface area (Å²) >= 11 is 0. The van der Waals surface area contributed by atoms with Crippen molar-refractivity contribution in [3.63, 3.8) is 0 Å². The van der Waals surface area contributed by atoms with Crippen LogP contribution in [-0.4, -0.2) is 43.1 Å². The zero-order valence-electron chi connectivity index (χ0n) is 12.9. The molecule has 0 aromatic rings. The van der Waals surface area contributed by atoms with Crippen molar-refractivity contribution in [1.82, 2.24) is 4.31 Å². The predicted octanol–water partition coefficient (Wildman–Crippen LogP) is 2.47. The first-order chi connectivity index (χ1) is 9.83. The van der Waals surface area contributed by atoms with Gasteiger partial charge >= 0.3 is 5.97 Å². The van der Waals surface area contributed by atoms with E-state index in [1.807, 2.05) is 0 Å². The molecule has 1 aliphatic heterocycles. The molecule has 0 spiro atoms. The van der Waals surface area contributed by atoms with E-state index in [1.165, 1.54) is 10.6 Å². The molecule has 0 radical (unpaired) electrons. The number of carboxylic acid groups (broad SMARTS) is 1. The maximum Gasteiger partial charge on any atom is 0.309 e. The Morgan fingerprint density at radius 1 is 1.19 bits per heavy atom. The Morgan fingerprint density at radius 2 is 1.81 bits per heavy atom. The third-order valence-corrected chi connectivity index (χ3v) is 6.41. The zero-order valence-corrected chi connectivity index (χ0v) is 13.7. The number of sulfonamides is 1. The summed E-state index contributed by atoms with van der Waals surface area (Å²) in [5.74, 6) is -0.497. The Labute approximate surface area is 127 Å². The monoisotopic (exact) mass is 317 g/mol. The number of nitrogens with zero attached hydrogens (tertiary/aromatic N) is 1. The number of carboxylic acids is 1. The lowest BCUT2D eigenvalue weighted by atomic mass is 9.72. The largest absolute Gasteiger partial charge is 0.481 e. The molecular formula is C15H27NO4S. The third kappa shape index (κ3) is 4.19. The summed E-state index contributed by atoms with van der Waals surface area (Å²) in [6, 6.07) is 0. The molecule has 6 heteroatoms. The minimum atomic E-state index is -3.16. The van der Waals surface area contributed by atoms with E-state index < -0.39 is 21.4 Å². The van der Waals surface area contributed by atoms with Crippen LogP contribution >= 0.6 is 0 Å². The van der Waals surface area contributed by atoms with Crippen LogP contribution in [0.4, 0.5) is 0 Å². The Morgan fingerprint density at radius 3 is 2.33 bits per heavy atom. The summed E-state index contributed by atoms with van der Waals surface area (Å²) in [6.45, 7) is 1.07. The molecule has 0 amide bonds. The normalized spacial score (nSPS) is 28.0. The number of rotatable bonds is 4. The second-order valence-corrected chi connectivity index (χ2v) is 8.82. The van der Waals surface area contributed by atoms with Gasteiger partial charge in [0, 0.05) is 13.1 Å². The zero-order chi connectivity index (χ0) is 15.5. The van der Waals surface area contributed by atoms with Crippen LogP contribution in [-0.2, 0) is 14.8 Å². The lowest BCUT2D eigenvalue weighted by Crippen LogP contribution is -2.42. The van der Waals surface area contributed by atoms with E-state index in [0.29, 0.717) is 19.5 Å². The highest BCUT2D eigenvalue weighted by molar-refractivity contribution is 7.88. The highest BCUT2D eigenvalue weighted by Crippen LogP contribution is 2.42. The van der Waals surface area contributed by atoms with E-state index in [1.54, 1.807) is 0 Å². The summed E-state index contributed by atoms with van der Waals surface area (Å²) in [5, 5.41) is 9.74. The van der Waals surface area contributed by atoms with Crippen LogP contribution in [0.1, 0.15) is 57.8 Å². The standard InChI is InChI=1S/C15H27NO4S/c1-21(19,20)16-10-6-7-13(12-16)11-15(14(17)18)8-4-2-3-5-9-15/h13H,2-12H2,1H3,(H,17,18). The van der Waals surface area contributed by atoms with E-state index in [9.17, 15) is 18.3 Å². The second kappa shape index (κ2) is 6.65. The average molecular weight is 317 g/mol. The smallest absolute Gasteiger partial charge is 0.309 e. The summed E-state index contributed by atoms with van der Waals surface area (Å²) < 4.78 is 24.9. The van der Waals surface area contributed by atoms with Gasteiger partial charge in [0.15, 0.2) is 0 Å². The Kier molecular flexibility index (Phi) is 5.30. The number of hydrogen-bond acceptors (Lipinski definition) is 3. The van der Waals surface area contributed by atoms with Gasteiger partial charge in [0.1, 0.15) is 0 Å². The van der Waals surface area contributed by atoms with Crippen molar-refractivity contribution in [2.45, 2.75) is 57.8 Å². The van der Waals surface area contributed by atoms with Crippen LogP contribution in [0.15, 0.2) is 0 Å². The third-order valence-electron chi connectivity index (χ3n) is 5.14. The molecule has 1 heterocycles. The van der Waals surface area contributed by atoms with Gasteiger partial charge in [-0.05, 0) is 38.0 Å². The minimum Gasteiger partial charge on any atom is -0.481 e. The van der Waals surface area contributed by atoms with E-state index >= 15 is 0 Å². The van der Waals surface area contributed by atoms with Crippen LogP contribution in [0.2, 0.25) is 0 Å². The Balaban J connectivity index is 2.08. The Bertz CT molecular complexity index is 466. The van der Waals surface area contributed by atoms with Crippen molar-refractivity contribution in [3.05, 3.63) is 0 Å². The number of aliphatic carboxylic acids is 1. The van der Waals surface area contributed by atoms with Crippen molar-refractivity contribution in [1.29, 1.82) is 0 Å². The molecule has 0 bridgehead atoms. The highest BCUT2D eigenvalue weighted by Gasteiger charge is 2.41. The molecule has 1 N–H and O–H groups in total. The molecule has 2 aliphatic rings. The fraction of sp³-hybridized carbons (Fsp3) is 0.933. The molecule has 2 fully saturated rings. The van der Waals surface area contributed by atoms with Gasteiger partial charge < -0.3 is 5.11 Å². The summed E-state index contributed by atoms with van der Waals surface area (Å²) in [4.78, 5) is 11.8. The molecule has 1 saturated heterocycles. The lowest BCUT2D eigenvalue weighted by molar-refractivity contribution is -0.151. The lowest BCUT2D eigenvalue weighted by Gasteiger charge is -2.37. The topological polar surface area (TPSA) is 74.7 Å². The summed E-state index contributed by atoms with van der Waals surface area (Å²) in [5.41, 5.74) is -0.623. The molecule has 0 aromatic carbocycles. The number of carbonyl (C=O) groups is 1. The predicted molar refractivity (Wildman–Crippen MR) is 81.5 cm³/mol. The second-order valence-electron chi connectivity index (χ2n) is 6.83. The summed E-state index contributed by atoms with van der Waals surface area (Å²) in [6.07, 6.45) is 9.36. The number of piperidine rings is 1. The van der Waals surface area contributed by atoms with Gasteiger partial charge in [-0.2, -0.15) is 0 Å². The van der Waals surface area contributed by atoms with Crippen molar-refractivity contribution >= 4 is 16.0 Å². The van der Waals surface area contributed by atoms with Crippen molar-refractivity contribution in [3.8, 4) is 0 Å². The van der Waals surface area contributed by atoms with Gasteiger partial charge in [-0.1, -0.05) is 25.7 Å². The molecule has 21 heavy (non-hydrogen) atoms. The van der Waals surface area contributed by atoms with E-state index in [2.05, 4.69) is 0 Å². The van der Waals surface area contributed by atoms with Crippen LogP contribution in [0.5, 0.6) is 0 Å². The SMILES string of the molecule is CS(=O)(=O)N1CCCC(CC2(C(=O)O)CCCCCC2)C1. The molecule has 122 valence electrons. The molecule has 1 atom stereocenters. The van der Waals surface area contributed by atoms with Gasteiger partial charge in [0.05, 0.1) is 11.7 Å². The first-order valence-electron chi connectivity index (χ1n) is 8.02. The molecular weight excluding hydrogens is 290 g/mol. The van der Waals surface area contributed by atoms with Crippen molar-refractivity contribution in [2.24, 2.45) is 11.3 Å². The highest BCUT2D eigenvalue weighted by atomic mass is 32.2. The fourth-order valence-electron chi connectivity index (χ4n) is 3.96. The maximum atomic E-state index is 11.8. The quantitative estimate of drug-likeness (QED) is 0.808.